The van der Waals surface area contributed by atoms with Crippen molar-refractivity contribution in [3.63, 3.8) is 0 Å². The van der Waals surface area contributed by atoms with E-state index in [1.165, 1.54) is 19.1 Å². The highest BCUT2D eigenvalue weighted by atomic mass is 16.5. The van der Waals surface area contributed by atoms with E-state index in [1.807, 2.05) is 6.92 Å². The summed E-state index contributed by atoms with van der Waals surface area (Å²) in [4.78, 5) is 49.3. The smallest absolute Gasteiger partial charge is 0.306 e. The second kappa shape index (κ2) is 8.17. The summed E-state index contributed by atoms with van der Waals surface area (Å²) in [6.45, 7) is 3.45. The normalized spacial score (nSPS) is 13.4. The van der Waals surface area contributed by atoms with E-state index in [1.54, 1.807) is 30.3 Å². The van der Waals surface area contributed by atoms with Crippen molar-refractivity contribution < 1.29 is 23.9 Å². The van der Waals surface area contributed by atoms with Crippen LogP contribution in [0.3, 0.4) is 0 Å². The number of esters is 1. The highest BCUT2D eigenvalue weighted by Gasteiger charge is 2.29. The van der Waals surface area contributed by atoms with Gasteiger partial charge in [0.25, 0.3) is 5.91 Å². The third kappa shape index (κ3) is 3.86. The number of benzene rings is 2. The van der Waals surface area contributed by atoms with E-state index in [4.69, 9.17) is 4.74 Å². The zero-order chi connectivity index (χ0) is 20.3. The topological polar surface area (TPSA) is 89.5 Å². The fraction of sp³-hybridized carbons (Fsp3) is 0.273. The van der Waals surface area contributed by atoms with Gasteiger partial charge in [-0.3, -0.25) is 19.2 Å². The molecule has 3 rings (SSSR count). The molecule has 0 aliphatic heterocycles. The lowest BCUT2D eigenvalue weighted by Crippen LogP contribution is -2.30. The monoisotopic (exact) mass is 379 g/mol. The van der Waals surface area contributed by atoms with Crippen LogP contribution < -0.4 is 5.32 Å². The summed E-state index contributed by atoms with van der Waals surface area (Å²) in [5.41, 5.74) is 1.64. The molecule has 0 heterocycles. The maximum atomic E-state index is 12.7. The van der Waals surface area contributed by atoms with Gasteiger partial charge in [-0.25, -0.2) is 0 Å². The minimum Gasteiger partial charge on any atom is -0.453 e. The molecule has 0 unspecified atom stereocenters. The molecule has 0 bridgehead atoms. The van der Waals surface area contributed by atoms with E-state index in [-0.39, 0.29) is 23.6 Å². The van der Waals surface area contributed by atoms with Gasteiger partial charge in [0.1, 0.15) is 0 Å². The number of rotatable bonds is 6. The van der Waals surface area contributed by atoms with E-state index >= 15 is 0 Å². The van der Waals surface area contributed by atoms with E-state index in [9.17, 15) is 19.2 Å². The van der Waals surface area contributed by atoms with Gasteiger partial charge >= 0.3 is 5.97 Å². The lowest BCUT2D eigenvalue weighted by molar-refractivity contribution is -0.153. The second-order valence-corrected chi connectivity index (χ2v) is 6.69. The van der Waals surface area contributed by atoms with Crippen LogP contribution in [0.15, 0.2) is 42.5 Å². The number of unbranched alkanes of at least 4 members (excludes halogenated alkanes) is 1. The summed E-state index contributed by atoms with van der Waals surface area (Å²) in [5.74, 6) is -1.41. The molecule has 144 valence electrons. The summed E-state index contributed by atoms with van der Waals surface area (Å²) in [7, 11) is 0. The first-order valence-electron chi connectivity index (χ1n) is 9.25. The third-order valence-corrected chi connectivity index (χ3v) is 4.60. The Balaban J connectivity index is 1.75. The fourth-order valence-electron chi connectivity index (χ4n) is 3.05. The van der Waals surface area contributed by atoms with Gasteiger partial charge < -0.3 is 10.1 Å². The van der Waals surface area contributed by atoms with Crippen molar-refractivity contribution in [2.45, 2.75) is 39.2 Å². The van der Waals surface area contributed by atoms with Crippen LogP contribution in [0.4, 0.5) is 5.69 Å². The van der Waals surface area contributed by atoms with Gasteiger partial charge in [-0.15, -0.1) is 0 Å². The average molecular weight is 379 g/mol. The Kier molecular flexibility index (Phi) is 5.68. The molecule has 0 spiro atoms. The molecule has 1 N–H and O–H groups in total. The number of fused-ring (bicyclic) bond motifs is 2. The predicted octanol–water partition coefficient (Wildman–Crippen LogP) is 3.52. The number of nitrogens with one attached hydrogen (secondary N) is 1. The Morgan fingerprint density at radius 3 is 2.21 bits per heavy atom. The predicted molar refractivity (Wildman–Crippen MR) is 103 cm³/mol. The van der Waals surface area contributed by atoms with E-state index in [0.717, 1.165) is 6.42 Å². The Morgan fingerprint density at radius 1 is 0.964 bits per heavy atom. The second-order valence-electron chi connectivity index (χ2n) is 6.69. The van der Waals surface area contributed by atoms with E-state index in [2.05, 4.69) is 5.32 Å². The lowest BCUT2D eigenvalue weighted by Gasteiger charge is -2.19. The van der Waals surface area contributed by atoms with Gasteiger partial charge in [0.15, 0.2) is 17.7 Å². The molecule has 6 nitrogen and oxygen atoms in total. The van der Waals surface area contributed by atoms with E-state index < -0.39 is 18.0 Å². The fourth-order valence-corrected chi connectivity index (χ4v) is 3.05. The van der Waals surface area contributed by atoms with Gasteiger partial charge in [-0.05, 0) is 31.5 Å². The molecule has 0 saturated carbocycles. The first-order chi connectivity index (χ1) is 13.4. The number of ketones is 2. The molecule has 2 aromatic carbocycles. The number of anilines is 1. The standard InChI is InChI=1S/C22H21NO5/c1-3-4-9-19(24)28-13(2)22(27)23-14-10-11-17-18(12-14)21(26)16-8-6-5-7-15(16)20(17)25/h5-8,10-13H,3-4,9H2,1-2H3,(H,23,27)/t13-/m1/s1. The Labute approximate surface area is 162 Å². The number of hydrogen-bond donors (Lipinski definition) is 1. The van der Waals surface area contributed by atoms with Crippen molar-refractivity contribution in [3.8, 4) is 0 Å². The summed E-state index contributed by atoms with van der Waals surface area (Å²) in [5, 5.41) is 2.63. The third-order valence-electron chi connectivity index (χ3n) is 4.60. The minimum atomic E-state index is -0.960. The SMILES string of the molecule is CCCCC(=O)O[C@H](C)C(=O)Nc1ccc2c(c1)C(=O)c1ccccc1C2=O. The van der Waals surface area contributed by atoms with Crippen LogP contribution in [0.5, 0.6) is 0 Å². The van der Waals surface area contributed by atoms with Crippen LogP contribution >= 0.6 is 0 Å². The highest BCUT2D eigenvalue weighted by molar-refractivity contribution is 6.28. The lowest BCUT2D eigenvalue weighted by atomic mass is 9.84. The molecule has 6 heteroatoms. The minimum absolute atomic E-state index is 0.221. The van der Waals surface area contributed by atoms with Crippen LogP contribution in [0.2, 0.25) is 0 Å². The zero-order valence-corrected chi connectivity index (χ0v) is 15.8. The van der Waals surface area contributed by atoms with Gasteiger partial charge in [-0.2, -0.15) is 0 Å². The van der Waals surface area contributed by atoms with Crippen molar-refractivity contribution in [1.29, 1.82) is 0 Å². The molecular weight excluding hydrogens is 358 g/mol. The van der Waals surface area contributed by atoms with Crippen molar-refractivity contribution in [1.82, 2.24) is 0 Å². The van der Waals surface area contributed by atoms with Crippen LogP contribution in [-0.2, 0) is 14.3 Å². The molecule has 1 aliphatic carbocycles. The van der Waals surface area contributed by atoms with Gasteiger partial charge in [0, 0.05) is 34.4 Å². The zero-order valence-electron chi connectivity index (χ0n) is 15.8. The van der Waals surface area contributed by atoms with Crippen LogP contribution in [-0.4, -0.2) is 29.5 Å². The molecule has 0 aromatic heterocycles. The summed E-state index contributed by atoms with van der Waals surface area (Å²) in [6, 6.07) is 11.2. The number of amides is 1. The largest absolute Gasteiger partial charge is 0.453 e. The maximum Gasteiger partial charge on any atom is 0.306 e. The molecule has 28 heavy (non-hydrogen) atoms. The van der Waals surface area contributed by atoms with Gasteiger partial charge in [-0.1, -0.05) is 37.6 Å². The molecule has 2 aromatic rings. The summed E-state index contributed by atoms with van der Waals surface area (Å²) in [6.07, 6.45) is 0.873. The molecule has 0 saturated heterocycles. The summed E-state index contributed by atoms with van der Waals surface area (Å²) < 4.78 is 5.11. The number of hydrogen-bond acceptors (Lipinski definition) is 5. The first-order valence-corrected chi connectivity index (χ1v) is 9.25. The summed E-state index contributed by atoms with van der Waals surface area (Å²) >= 11 is 0. The quantitative estimate of drug-likeness (QED) is 0.662. The average Bonchev–Trinajstić information content (AvgIpc) is 2.70. The molecule has 1 aliphatic rings. The van der Waals surface area contributed by atoms with Crippen molar-refractivity contribution >= 4 is 29.1 Å². The Morgan fingerprint density at radius 2 is 1.57 bits per heavy atom. The van der Waals surface area contributed by atoms with Crippen LogP contribution in [0.25, 0.3) is 0 Å². The maximum absolute atomic E-state index is 12.7. The molecular formula is C22H21NO5. The van der Waals surface area contributed by atoms with Crippen molar-refractivity contribution in [2.75, 3.05) is 5.32 Å². The van der Waals surface area contributed by atoms with Crippen molar-refractivity contribution in [2.24, 2.45) is 0 Å². The molecule has 0 radical (unpaired) electrons. The first kappa shape index (κ1) is 19.5. The Bertz CT molecular complexity index is 963. The number of carbonyl (C=O) groups excluding carboxylic acids is 4. The molecule has 0 fully saturated rings. The highest BCUT2D eigenvalue weighted by Crippen LogP contribution is 2.29. The van der Waals surface area contributed by atoms with Gasteiger partial charge in [0.05, 0.1) is 0 Å². The van der Waals surface area contributed by atoms with Crippen LogP contribution in [0, 0.1) is 0 Å². The number of carbonyl (C=O) groups is 4. The van der Waals surface area contributed by atoms with E-state index in [0.29, 0.717) is 28.8 Å². The number of ether oxygens (including phenoxy) is 1. The molecule has 1 amide bonds. The van der Waals surface area contributed by atoms with Crippen molar-refractivity contribution in [3.05, 3.63) is 64.7 Å². The molecule has 1 atom stereocenters. The van der Waals surface area contributed by atoms with Crippen LogP contribution in [0.1, 0.15) is 65.0 Å². The Hall–Kier alpha value is -3.28. The van der Waals surface area contributed by atoms with Gasteiger partial charge in [0.2, 0.25) is 0 Å².